The van der Waals surface area contributed by atoms with Crippen molar-refractivity contribution >= 4 is 11.8 Å². The predicted molar refractivity (Wildman–Crippen MR) is 82.4 cm³/mol. The fourth-order valence-electron chi connectivity index (χ4n) is 2.54. The Labute approximate surface area is 122 Å². The maximum absolute atomic E-state index is 9.42. The molecule has 0 spiro atoms. The summed E-state index contributed by atoms with van der Waals surface area (Å²) < 4.78 is 5.61. The lowest BCUT2D eigenvalue weighted by Crippen LogP contribution is -2.47. The first-order chi connectivity index (χ1) is 9.12. The van der Waals surface area contributed by atoms with E-state index in [1.54, 1.807) is 0 Å². The number of rotatable bonds is 9. The monoisotopic (exact) mass is 284 g/mol. The zero-order valence-corrected chi connectivity index (χ0v) is 13.4. The average molecular weight is 284 g/mol. The van der Waals surface area contributed by atoms with E-state index in [2.05, 4.69) is 32.2 Å². The molecule has 0 radical (unpaired) electrons. The third-order valence-electron chi connectivity index (χ3n) is 3.60. The van der Waals surface area contributed by atoms with Gasteiger partial charge >= 0.3 is 0 Å². The van der Waals surface area contributed by atoms with Crippen LogP contribution in [-0.4, -0.2) is 35.8 Å². The highest BCUT2D eigenvalue weighted by atomic mass is 32.2. The molecule has 0 saturated carbocycles. The number of hydrogen-bond acceptors (Lipinski definition) is 4. The van der Waals surface area contributed by atoms with Crippen LogP contribution in [0.15, 0.2) is 0 Å². The molecule has 3 nitrogen and oxygen atoms in total. The van der Waals surface area contributed by atoms with Crippen LogP contribution in [0.3, 0.4) is 0 Å². The Morgan fingerprint density at radius 3 is 2.84 bits per heavy atom. The molecule has 0 aromatic rings. The van der Waals surface area contributed by atoms with E-state index < -0.39 is 0 Å². The molecule has 2 atom stereocenters. The van der Waals surface area contributed by atoms with Crippen molar-refractivity contribution < 1.29 is 4.74 Å². The first-order valence-corrected chi connectivity index (χ1v) is 8.65. The van der Waals surface area contributed by atoms with Crippen molar-refractivity contribution in [2.45, 2.75) is 70.6 Å². The van der Waals surface area contributed by atoms with Gasteiger partial charge in [0.25, 0.3) is 0 Å². The molecule has 4 heteroatoms. The number of thioether (sulfide) groups is 1. The highest BCUT2D eigenvalue weighted by Gasteiger charge is 2.27. The quantitative estimate of drug-likeness (QED) is 0.660. The van der Waals surface area contributed by atoms with Crippen molar-refractivity contribution in [3.05, 3.63) is 0 Å². The van der Waals surface area contributed by atoms with Gasteiger partial charge in [0.2, 0.25) is 0 Å². The summed E-state index contributed by atoms with van der Waals surface area (Å²) in [5, 5.41) is 12.8. The molecule has 1 heterocycles. The third-order valence-corrected chi connectivity index (χ3v) is 4.79. The van der Waals surface area contributed by atoms with Gasteiger partial charge in [-0.3, -0.25) is 5.32 Å². The lowest BCUT2D eigenvalue weighted by atomic mass is 9.91. The summed E-state index contributed by atoms with van der Waals surface area (Å²) in [5.41, 5.74) is -0.335. The van der Waals surface area contributed by atoms with Gasteiger partial charge in [-0.25, -0.2) is 0 Å². The third kappa shape index (κ3) is 6.16. The Kier molecular flexibility index (Phi) is 7.82. The molecule has 0 aliphatic carbocycles. The second-order valence-corrected chi connectivity index (χ2v) is 6.81. The minimum Gasteiger partial charge on any atom is -0.377 e. The number of nitrogens with zero attached hydrogens (tertiary/aromatic N) is 1. The van der Waals surface area contributed by atoms with E-state index in [1.807, 2.05) is 11.8 Å². The predicted octanol–water partition coefficient (Wildman–Crippen LogP) is 3.35. The Hall–Kier alpha value is -0.240. The standard InChI is InChI=1S/C15H28N2OS/c1-4-15(12-16,17-13(2)3)8-6-10-19-11-14-7-5-9-18-14/h13-14,17H,4-11H2,1-3H3. The van der Waals surface area contributed by atoms with Gasteiger partial charge in [0.15, 0.2) is 0 Å². The molecule has 19 heavy (non-hydrogen) atoms. The van der Waals surface area contributed by atoms with Crippen molar-refractivity contribution in [2.24, 2.45) is 0 Å². The first kappa shape index (κ1) is 16.8. The molecular weight excluding hydrogens is 256 g/mol. The van der Waals surface area contributed by atoms with Crippen LogP contribution >= 0.6 is 11.8 Å². The van der Waals surface area contributed by atoms with Gasteiger partial charge in [0.05, 0.1) is 12.2 Å². The maximum Gasteiger partial charge on any atom is 0.106 e. The molecule has 1 aliphatic rings. The van der Waals surface area contributed by atoms with Gasteiger partial charge in [0, 0.05) is 18.4 Å². The summed E-state index contributed by atoms with van der Waals surface area (Å²) in [4.78, 5) is 0. The van der Waals surface area contributed by atoms with E-state index in [0.29, 0.717) is 12.1 Å². The fourth-order valence-corrected chi connectivity index (χ4v) is 3.58. The smallest absolute Gasteiger partial charge is 0.106 e. The molecule has 2 unspecified atom stereocenters. The van der Waals surface area contributed by atoms with Crippen LogP contribution in [0.2, 0.25) is 0 Å². The Morgan fingerprint density at radius 1 is 1.53 bits per heavy atom. The van der Waals surface area contributed by atoms with E-state index in [1.165, 1.54) is 12.8 Å². The second-order valence-electron chi connectivity index (χ2n) is 5.66. The first-order valence-electron chi connectivity index (χ1n) is 7.50. The van der Waals surface area contributed by atoms with Crippen molar-refractivity contribution in [3.63, 3.8) is 0 Å². The zero-order chi connectivity index (χ0) is 14.1. The van der Waals surface area contributed by atoms with Crippen LogP contribution in [0.5, 0.6) is 0 Å². The number of hydrogen-bond donors (Lipinski definition) is 1. The van der Waals surface area contributed by atoms with Gasteiger partial charge < -0.3 is 4.74 Å². The number of ether oxygens (including phenoxy) is 1. The maximum atomic E-state index is 9.42. The van der Waals surface area contributed by atoms with Crippen LogP contribution in [0.4, 0.5) is 0 Å². The minimum absolute atomic E-state index is 0.335. The molecule has 0 aromatic carbocycles. The summed E-state index contributed by atoms with van der Waals surface area (Å²) in [6.45, 7) is 7.25. The minimum atomic E-state index is -0.335. The highest BCUT2D eigenvalue weighted by Crippen LogP contribution is 2.21. The molecule has 110 valence electrons. The highest BCUT2D eigenvalue weighted by molar-refractivity contribution is 7.99. The van der Waals surface area contributed by atoms with Crippen LogP contribution in [-0.2, 0) is 4.74 Å². The van der Waals surface area contributed by atoms with Gasteiger partial charge in [-0.15, -0.1) is 0 Å². The molecule has 0 amide bonds. The molecule has 1 saturated heterocycles. The molecule has 1 rings (SSSR count). The van der Waals surface area contributed by atoms with Crippen molar-refractivity contribution in [1.82, 2.24) is 5.32 Å². The lowest BCUT2D eigenvalue weighted by molar-refractivity contribution is 0.129. The van der Waals surface area contributed by atoms with Crippen LogP contribution in [0.1, 0.15) is 52.9 Å². The summed E-state index contributed by atoms with van der Waals surface area (Å²) in [5.74, 6) is 2.24. The number of nitriles is 1. The van der Waals surface area contributed by atoms with E-state index in [9.17, 15) is 5.26 Å². The van der Waals surface area contributed by atoms with Crippen molar-refractivity contribution in [1.29, 1.82) is 5.26 Å². The normalized spacial score (nSPS) is 22.4. The largest absolute Gasteiger partial charge is 0.377 e. The topological polar surface area (TPSA) is 45.0 Å². The molecule has 1 aliphatic heterocycles. The molecule has 0 bridgehead atoms. The van der Waals surface area contributed by atoms with Crippen LogP contribution in [0, 0.1) is 11.3 Å². The van der Waals surface area contributed by atoms with Gasteiger partial charge in [0.1, 0.15) is 5.54 Å². The van der Waals surface area contributed by atoms with E-state index >= 15 is 0 Å². The average Bonchev–Trinajstić information content (AvgIpc) is 2.89. The van der Waals surface area contributed by atoms with Crippen molar-refractivity contribution in [3.8, 4) is 6.07 Å². The summed E-state index contributed by atoms with van der Waals surface area (Å²) in [6, 6.07) is 2.84. The summed E-state index contributed by atoms with van der Waals surface area (Å²) >= 11 is 1.97. The number of nitrogens with one attached hydrogen (secondary N) is 1. The summed E-state index contributed by atoms with van der Waals surface area (Å²) in [6.07, 6.45) is 5.83. The Morgan fingerprint density at radius 2 is 2.32 bits per heavy atom. The second kappa shape index (κ2) is 8.84. The lowest BCUT2D eigenvalue weighted by Gasteiger charge is -2.29. The fraction of sp³-hybridized carbons (Fsp3) is 0.933. The Balaban J connectivity index is 2.19. The van der Waals surface area contributed by atoms with E-state index in [4.69, 9.17) is 4.74 Å². The van der Waals surface area contributed by atoms with E-state index in [-0.39, 0.29) is 5.54 Å². The van der Waals surface area contributed by atoms with Crippen LogP contribution < -0.4 is 5.32 Å². The van der Waals surface area contributed by atoms with Gasteiger partial charge in [-0.1, -0.05) is 6.92 Å². The Bertz CT molecular complexity index is 284. The van der Waals surface area contributed by atoms with Gasteiger partial charge in [-0.2, -0.15) is 17.0 Å². The SMILES string of the molecule is CCC(C#N)(CCCSCC1CCCO1)NC(C)C. The van der Waals surface area contributed by atoms with Crippen molar-refractivity contribution in [2.75, 3.05) is 18.1 Å². The molecule has 0 aromatic heterocycles. The van der Waals surface area contributed by atoms with E-state index in [0.717, 1.165) is 37.4 Å². The van der Waals surface area contributed by atoms with Crippen LogP contribution in [0.25, 0.3) is 0 Å². The molecule has 1 N–H and O–H groups in total. The molecular formula is C15H28N2OS. The zero-order valence-electron chi connectivity index (χ0n) is 12.6. The van der Waals surface area contributed by atoms with Gasteiger partial charge in [-0.05, 0) is 51.7 Å². The molecule has 1 fully saturated rings. The summed E-state index contributed by atoms with van der Waals surface area (Å²) in [7, 11) is 0.